The topological polar surface area (TPSA) is 34.2 Å². The van der Waals surface area contributed by atoms with Gasteiger partial charge in [-0.05, 0) is 18.6 Å². The van der Waals surface area contributed by atoms with E-state index in [0.717, 1.165) is 23.0 Å². The number of hydrogen-bond donors (Lipinski definition) is 1. The predicted octanol–water partition coefficient (Wildman–Crippen LogP) is 3.68. The molecular weight excluding hydrogens is 251 g/mol. The first-order valence-corrected chi connectivity index (χ1v) is 6.67. The van der Waals surface area contributed by atoms with Crippen LogP contribution in [0.25, 0.3) is 0 Å². The first-order chi connectivity index (χ1) is 8.79. The zero-order valence-electron chi connectivity index (χ0n) is 10.1. The average Bonchev–Trinajstić information content (AvgIpc) is 2.83. The van der Waals surface area contributed by atoms with Crippen molar-refractivity contribution in [3.05, 3.63) is 41.2 Å². The van der Waals surface area contributed by atoms with E-state index < -0.39 is 0 Å². The first-order valence-electron chi connectivity index (χ1n) is 5.85. The van der Waals surface area contributed by atoms with Crippen LogP contribution in [0, 0.1) is 5.82 Å². The van der Waals surface area contributed by atoms with Gasteiger partial charge in [-0.3, -0.25) is 0 Å². The summed E-state index contributed by atoms with van der Waals surface area (Å²) >= 11 is 1.53. The third-order valence-electron chi connectivity index (χ3n) is 2.29. The highest BCUT2D eigenvalue weighted by molar-refractivity contribution is 7.15. The Morgan fingerprint density at radius 1 is 1.39 bits per heavy atom. The average molecular weight is 266 g/mol. The summed E-state index contributed by atoms with van der Waals surface area (Å²) in [5, 5.41) is 4.08. The quantitative estimate of drug-likeness (QED) is 0.866. The standard InChI is InChI=1S/C13H15FN2OS/c1-2-7-15-13-16-8-10(18-13)9-17-12-6-4-3-5-11(12)14/h3-6,8H,2,7,9H2,1H3,(H,15,16). The minimum Gasteiger partial charge on any atom is -0.485 e. The van der Waals surface area contributed by atoms with E-state index in [1.165, 1.54) is 17.4 Å². The largest absolute Gasteiger partial charge is 0.485 e. The highest BCUT2D eigenvalue weighted by atomic mass is 32.1. The number of rotatable bonds is 6. The smallest absolute Gasteiger partial charge is 0.182 e. The lowest BCUT2D eigenvalue weighted by atomic mass is 10.3. The summed E-state index contributed by atoms with van der Waals surface area (Å²) in [7, 11) is 0. The second-order valence-electron chi connectivity index (χ2n) is 3.78. The first kappa shape index (κ1) is 12.8. The van der Waals surface area contributed by atoms with Gasteiger partial charge in [0.2, 0.25) is 0 Å². The number of thiazole rings is 1. The van der Waals surface area contributed by atoms with Gasteiger partial charge in [0.1, 0.15) is 6.61 Å². The number of benzene rings is 1. The molecule has 0 saturated heterocycles. The number of anilines is 1. The molecule has 0 unspecified atom stereocenters. The molecule has 1 heterocycles. The number of ether oxygens (including phenoxy) is 1. The third-order valence-corrected chi connectivity index (χ3v) is 3.21. The molecule has 96 valence electrons. The highest BCUT2D eigenvalue weighted by Gasteiger charge is 2.05. The molecule has 0 aliphatic heterocycles. The Balaban J connectivity index is 1.90. The molecule has 18 heavy (non-hydrogen) atoms. The van der Waals surface area contributed by atoms with Crippen LogP contribution in [0.5, 0.6) is 5.75 Å². The molecule has 1 N–H and O–H groups in total. The van der Waals surface area contributed by atoms with E-state index in [2.05, 4.69) is 17.2 Å². The SMILES string of the molecule is CCCNc1ncc(COc2ccccc2F)s1. The van der Waals surface area contributed by atoms with Crippen molar-refractivity contribution in [2.45, 2.75) is 20.0 Å². The van der Waals surface area contributed by atoms with Crippen molar-refractivity contribution in [3.8, 4) is 5.75 Å². The van der Waals surface area contributed by atoms with Crippen molar-refractivity contribution in [2.75, 3.05) is 11.9 Å². The summed E-state index contributed by atoms with van der Waals surface area (Å²) in [6.07, 6.45) is 2.81. The number of hydrogen-bond acceptors (Lipinski definition) is 4. The number of nitrogens with one attached hydrogen (secondary N) is 1. The van der Waals surface area contributed by atoms with Crippen molar-refractivity contribution < 1.29 is 9.13 Å². The van der Waals surface area contributed by atoms with Crippen LogP contribution in [0.3, 0.4) is 0 Å². The van der Waals surface area contributed by atoms with E-state index in [9.17, 15) is 4.39 Å². The van der Waals surface area contributed by atoms with Crippen molar-refractivity contribution in [2.24, 2.45) is 0 Å². The van der Waals surface area contributed by atoms with Gasteiger partial charge in [-0.2, -0.15) is 0 Å². The van der Waals surface area contributed by atoms with Gasteiger partial charge in [-0.15, -0.1) is 0 Å². The maximum absolute atomic E-state index is 13.3. The third kappa shape index (κ3) is 3.43. The van der Waals surface area contributed by atoms with Crippen LogP contribution in [0.1, 0.15) is 18.2 Å². The Hall–Kier alpha value is -1.62. The molecule has 0 saturated carbocycles. The molecule has 0 aliphatic rings. The molecule has 0 bridgehead atoms. The molecule has 1 aromatic heterocycles. The van der Waals surface area contributed by atoms with E-state index in [1.54, 1.807) is 24.4 Å². The minimum absolute atomic E-state index is 0.272. The lowest BCUT2D eigenvalue weighted by Crippen LogP contribution is -1.98. The molecule has 1 aromatic carbocycles. The van der Waals surface area contributed by atoms with Crippen LogP contribution in [0.4, 0.5) is 9.52 Å². The normalized spacial score (nSPS) is 10.3. The summed E-state index contributed by atoms with van der Waals surface area (Å²) in [5.74, 6) is -0.0692. The van der Waals surface area contributed by atoms with Gasteiger partial charge in [-0.1, -0.05) is 30.4 Å². The number of aromatic nitrogens is 1. The van der Waals surface area contributed by atoms with Crippen molar-refractivity contribution in [1.29, 1.82) is 0 Å². The second-order valence-corrected chi connectivity index (χ2v) is 4.89. The van der Waals surface area contributed by atoms with Gasteiger partial charge in [0, 0.05) is 12.7 Å². The van der Waals surface area contributed by atoms with Gasteiger partial charge in [0.25, 0.3) is 0 Å². The summed E-state index contributed by atoms with van der Waals surface area (Å²) in [6.45, 7) is 3.34. The Bertz CT molecular complexity index is 501. The Morgan fingerprint density at radius 3 is 3.00 bits per heavy atom. The van der Waals surface area contributed by atoms with Crippen LogP contribution in [-0.2, 0) is 6.61 Å². The van der Waals surface area contributed by atoms with Gasteiger partial charge in [0.05, 0.1) is 4.88 Å². The monoisotopic (exact) mass is 266 g/mol. The minimum atomic E-state index is -0.341. The fourth-order valence-corrected chi connectivity index (χ4v) is 2.15. The van der Waals surface area contributed by atoms with Crippen LogP contribution >= 0.6 is 11.3 Å². The molecule has 2 aromatic rings. The van der Waals surface area contributed by atoms with E-state index in [0.29, 0.717) is 6.61 Å². The molecule has 0 atom stereocenters. The van der Waals surface area contributed by atoms with Crippen LogP contribution in [0.2, 0.25) is 0 Å². The second kappa shape index (κ2) is 6.35. The van der Waals surface area contributed by atoms with E-state index in [1.807, 2.05) is 0 Å². The van der Waals surface area contributed by atoms with Crippen molar-refractivity contribution in [3.63, 3.8) is 0 Å². The summed E-state index contributed by atoms with van der Waals surface area (Å²) < 4.78 is 18.7. The Morgan fingerprint density at radius 2 is 2.22 bits per heavy atom. The van der Waals surface area contributed by atoms with E-state index in [-0.39, 0.29) is 11.6 Å². The molecule has 0 spiro atoms. The zero-order chi connectivity index (χ0) is 12.8. The Kier molecular flexibility index (Phi) is 4.52. The van der Waals surface area contributed by atoms with Crippen LogP contribution in [-0.4, -0.2) is 11.5 Å². The fraction of sp³-hybridized carbons (Fsp3) is 0.308. The lowest BCUT2D eigenvalue weighted by molar-refractivity contribution is 0.293. The number of para-hydroxylation sites is 1. The fourth-order valence-electron chi connectivity index (χ4n) is 1.40. The highest BCUT2D eigenvalue weighted by Crippen LogP contribution is 2.21. The predicted molar refractivity (Wildman–Crippen MR) is 71.6 cm³/mol. The Labute approximate surface area is 110 Å². The van der Waals surface area contributed by atoms with E-state index in [4.69, 9.17) is 4.74 Å². The van der Waals surface area contributed by atoms with Crippen molar-refractivity contribution in [1.82, 2.24) is 4.98 Å². The summed E-state index contributed by atoms with van der Waals surface area (Å²) in [6, 6.07) is 6.39. The molecule has 0 amide bonds. The van der Waals surface area contributed by atoms with Gasteiger partial charge >= 0.3 is 0 Å². The summed E-state index contributed by atoms with van der Waals surface area (Å²) in [5.41, 5.74) is 0. The maximum Gasteiger partial charge on any atom is 0.182 e. The van der Waals surface area contributed by atoms with Gasteiger partial charge in [0.15, 0.2) is 16.7 Å². The molecule has 0 aliphatic carbocycles. The van der Waals surface area contributed by atoms with E-state index >= 15 is 0 Å². The zero-order valence-corrected chi connectivity index (χ0v) is 11.0. The molecular formula is C13H15FN2OS. The number of halogens is 1. The number of nitrogens with zero attached hydrogens (tertiary/aromatic N) is 1. The molecule has 3 nitrogen and oxygen atoms in total. The van der Waals surface area contributed by atoms with Crippen LogP contribution < -0.4 is 10.1 Å². The maximum atomic E-state index is 13.3. The molecule has 0 radical (unpaired) electrons. The van der Waals surface area contributed by atoms with Gasteiger partial charge in [-0.25, -0.2) is 9.37 Å². The van der Waals surface area contributed by atoms with Crippen molar-refractivity contribution >= 4 is 16.5 Å². The molecule has 5 heteroatoms. The summed E-state index contributed by atoms with van der Waals surface area (Å²) in [4.78, 5) is 5.19. The molecule has 2 rings (SSSR count). The van der Waals surface area contributed by atoms with Crippen LogP contribution in [0.15, 0.2) is 30.5 Å². The molecule has 0 fully saturated rings. The lowest BCUT2D eigenvalue weighted by Gasteiger charge is -2.04. The van der Waals surface area contributed by atoms with Gasteiger partial charge < -0.3 is 10.1 Å².